The van der Waals surface area contributed by atoms with Crippen molar-refractivity contribution < 1.29 is 22.7 Å². The zero-order valence-electron chi connectivity index (χ0n) is 16.2. The molecule has 2 rings (SSSR count). The molecule has 1 aromatic rings. The second kappa shape index (κ2) is 8.71. The number of carbonyl (C=O) groups excluding carboxylic acids is 2. The van der Waals surface area contributed by atoms with Gasteiger partial charge >= 0.3 is 11.8 Å². The maximum atomic E-state index is 12.5. The minimum atomic E-state index is -3.77. The van der Waals surface area contributed by atoms with Crippen LogP contribution in [0.3, 0.4) is 0 Å². The number of ether oxygens (including phenoxy) is 1. The largest absolute Gasteiger partial charge is 0.492 e. The summed E-state index contributed by atoms with van der Waals surface area (Å²) in [5, 5.41) is 2.52. The van der Waals surface area contributed by atoms with Gasteiger partial charge < -0.3 is 15.0 Å². The first-order chi connectivity index (χ1) is 12.7. The molecule has 1 aliphatic rings. The van der Waals surface area contributed by atoms with E-state index in [4.69, 9.17) is 4.74 Å². The SMILES string of the molecule is CCOc1ccc(NC(=O)C(=O)N2CCC[C@@H]2CC)cc1S(=O)(=O)N(C)C. The Balaban J connectivity index is 2.26. The highest BCUT2D eigenvalue weighted by atomic mass is 32.2. The molecular weight excluding hydrogens is 370 g/mol. The molecule has 27 heavy (non-hydrogen) atoms. The van der Waals surface area contributed by atoms with Crippen molar-refractivity contribution in [3.8, 4) is 5.75 Å². The van der Waals surface area contributed by atoms with Gasteiger partial charge in [-0.1, -0.05) is 6.92 Å². The van der Waals surface area contributed by atoms with Crippen molar-refractivity contribution >= 4 is 27.5 Å². The summed E-state index contributed by atoms with van der Waals surface area (Å²) in [7, 11) is -0.945. The van der Waals surface area contributed by atoms with E-state index in [1.807, 2.05) is 6.92 Å². The fraction of sp³-hybridized carbons (Fsp3) is 0.556. The number of anilines is 1. The third kappa shape index (κ3) is 4.59. The number of sulfonamides is 1. The van der Waals surface area contributed by atoms with Crippen LogP contribution in [0.25, 0.3) is 0 Å². The van der Waals surface area contributed by atoms with Gasteiger partial charge in [-0.3, -0.25) is 9.59 Å². The van der Waals surface area contributed by atoms with E-state index >= 15 is 0 Å². The van der Waals surface area contributed by atoms with Crippen molar-refractivity contribution in [2.24, 2.45) is 0 Å². The summed E-state index contributed by atoms with van der Waals surface area (Å²) in [5.41, 5.74) is 0.226. The van der Waals surface area contributed by atoms with Crippen molar-refractivity contribution in [1.82, 2.24) is 9.21 Å². The maximum Gasteiger partial charge on any atom is 0.313 e. The highest BCUT2D eigenvalue weighted by Crippen LogP contribution is 2.29. The average molecular weight is 397 g/mol. The van der Waals surface area contributed by atoms with Gasteiger partial charge in [-0.15, -0.1) is 0 Å². The quantitative estimate of drug-likeness (QED) is 0.737. The zero-order chi connectivity index (χ0) is 20.2. The summed E-state index contributed by atoms with van der Waals surface area (Å²) < 4.78 is 31.6. The summed E-state index contributed by atoms with van der Waals surface area (Å²) in [6.07, 6.45) is 2.57. The molecule has 1 N–H and O–H groups in total. The van der Waals surface area contributed by atoms with Gasteiger partial charge in [0.2, 0.25) is 10.0 Å². The standard InChI is InChI=1S/C18H27N3O5S/c1-5-14-8-7-11-21(14)18(23)17(22)19-13-9-10-15(26-6-2)16(12-13)27(24,25)20(3)4/h9-10,12,14H,5-8,11H2,1-4H3,(H,19,22)/t14-/m0/s1. The smallest absolute Gasteiger partial charge is 0.313 e. The molecule has 0 radical (unpaired) electrons. The molecular formula is C18H27N3O5S. The topological polar surface area (TPSA) is 96.0 Å². The van der Waals surface area contributed by atoms with E-state index in [-0.39, 0.29) is 22.4 Å². The van der Waals surface area contributed by atoms with Crippen LogP contribution < -0.4 is 10.1 Å². The maximum absolute atomic E-state index is 12.5. The summed E-state index contributed by atoms with van der Waals surface area (Å²) >= 11 is 0. The number of nitrogens with one attached hydrogen (secondary N) is 1. The Labute approximate surface area is 160 Å². The second-order valence-electron chi connectivity index (χ2n) is 6.54. The van der Waals surface area contributed by atoms with Crippen LogP contribution in [0.15, 0.2) is 23.1 Å². The van der Waals surface area contributed by atoms with Crippen molar-refractivity contribution in [2.45, 2.75) is 44.0 Å². The zero-order valence-corrected chi connectivity index (χ0v) is 17.0. The molecule has 1 atom stereocenters. The van der Waals surface area contributed by atoms with Gasteiger partial charge in [0.05, 0.1) is 6.61 Å². The lowest BCUT2D eigenvalue weighted by Crippen LogP contribution is -2.42. The fourth-order valence-corrected chi connectivity index (χ4v) is 4.15. The summed E-state index contributed by atoms with van der Waals surface area (Å²) in [5.74, 6) is -1.17. The Morgan fingerprint density at radius 1 is 1.30 bits per heavy atom. The monoisotopic (exact) mass is 397 g/mol. The molecule has 0 aliphatic carbocycles. The Hall–Kier alpha value is -2.13. The molecule has 150 valence electrons. The van der Waals surface area contributed by atoms with Crippen LogP contribution in [0.2, 0.25) is 0 Å². The lowest BCUT2D eigenvalue weighted by atomic mass is 10.2. The fourth-order valence-electron chi connectivity index (χ4n) is 3.10. The Morgan fingerprint density at radius 2 is 2.00 bits per heavy atom. The highest BCUT2D eigenvalue weighted by Gasteiger charge is 2.31. The first-order valence-electron chi connectivity index (χ1n) is 9.03. The Kier molecular flexibility index (Phi) is 6.83. The minimum absolute atomic E-state index is 0.0628. The first kappa shape index (κ1) is 21.2. The van der Waals surface area contributed by atoms with Crippen LogP contribution >= 0.6 is 0 Å². The van der Waals surface area contributed by atoms with Crippen LogP contribution in [0.5, 0.6) is 5.75 Å². The predicted octanol–water partition coefficient (Wildman–Crippen LogP) is 1.68. The van der Waals surface area contributed by atoms with Crippen LogP contribution in [0.1, 0.15) is 33.1 Å². The number of hydrogen-bond acceptors (Lipinski definition) is 5. The molecule has 1 fully saturated rings. The summed E-state index contributed by atoms with van der Waals surface area (Å²) in [6.45, 7) is 4.60. The van der Waals surface area contributed by atoms with Gasteiger partial charge in [-0.2, -0.15) is 0 Å². The number of likely N-dealkylation sites (tertiary alicyclic amines) is 1. The third-order valence-electron chi connectivity index (χ3n) is 4.56. The Morgan fingerprint density at radius 3 is 2.59 bits per heavy atom. The molecule has 0 saturated carbocycles. The molecule has 0 unspecified atom stereocenters. The van der Waals surface area contributed by atoms with Gasteiger partial charge in [-0.05, 0) is 44.4 Å². The number of benzene rings is 1. The lowest BCUT2D eigenvalue weighted by Gasteiger charge is -2.23. The molecule has 1 saturated heterocycles. The molecule has 0 bridgehead atoms. The molecule has 1 heterocycles. The van der Waals surface area contributed by atoms with Crippen molar-refractivity contribution in [3.63, 3.8) is 0 Å². The van der Waals surface area contributed by atoms with Gasteiger partial charge in [0.25, 0.3) is 0 Å². The van der Waals surface area contributed by atoms with E-state index in [1.54, 1.807) is 11.8 Å². The van der Waals surface area contributed by atoms with Gasteiger partial charge in [0, 0.05) is 32.4 Å². The van der Waals surface area contributed by atoms with E-state index in [2.05, 4.69) is 5.32 Å². The second-order valence-corrected chi connectivity index (χ2v) is 8.66. The lowest BCUT2D eigenvalue weighted by molar-refractivity contribution is -0.143. The molecule has 1 aromatic carbocycles. The highest BCUT2D eigenvalue weighted by molar-refractivity contribution is 7.89. The van der Waals surface area contributed by atoms with Crippen LogP contribution in [0.4, 0.5) is 5.69 Å². The number of nitrogens with zero attached hydrogens (tertiary/aromatic N) is 2. The number of hydrogen-bond donors (Lipinski definition) is 1. The van der Waals surface area contributed by atoms with E-state index < -0.39 is 21.8 Å². The minimum Gasteiger partial charge on any atom is -0.492 e. The Bertz CT molecular complexity index is 807. The van der Waals surface area contributed by atoms with E-state index in [0.29, 0.717) is 13.2 Å². The van der Waals surface area contributed by atoms with Gasteiger partial charge in [0.15, 0.2) is 0 Å². The summed E-state index contributed by atoms with van der Waals surface area (Å²) in [6, 6.07) is 4.39. The van der Waals surface area contributed by atoms with Gasteiger partial charge in [-0.25, -0.2) is 12.7 Å². The molecule has 9 heteroatoms. The van der Waals surface area contributed by atoms with Crippen LogP contribution in [0, 0.1) is 0 Å². The first-order valence-corrected chi connectivity index (χ1v) is 10.5. The molecule has 0 aromatic heterocycles. The number of carbonyl (C=O) groups is 2. The van der Waals surface area contributed by atoms with Crippen molar-refractivity contribution in [3.05, 3.63) is 18.2 Å². The molecule has 1 aliphatic heterocycles. The summed E-state index contributed by atoms with van der Waals surface area (Å²) in [4.78, 5) is 26.3. The molecule has 0 spiro atoms. The number of rotatable bonds is 6. The average Bonchev–Trinajstić information content (AvgIpc) is 3.10. The van der Waals surface area contributed by atoms with Crippen LogP contribution in [-0.2, 0) is 19.6 Å². The van der Waals surface area contributed by atoms with Crippen molar-refractivity contribution in [1.29, 1.82) is 0 Å². The van der Waals surface area contributed by atoms with E-state index in [9.17, 15) is 18.0 Å². The predicted molar refractivity (Wildman–Crippen MR) is 102 cm³/mol. The third-order valence-corrected chi connectivity index (χ3v) is 6.40. The normalized spacial score (nSPS) is 17.2. The van der Waals surface area contributed by atoms with E-state index in [1.165, 1.54) is 32.3 Å². The molecule has 8 nitrogen and oxygen atoms in total. The van der Waals surface area contributed by atoms with Crippen LogP contribution in [-0.4, -0.2) is 62.7 Å². The number of amides is 2. The van der Waals surface area contributed by atoms with Gasteiger partial charge in [0.1, 0.15) is 10.6 Å². The van der Waals surface area contributed by atoms with E-state index in [0.717, 1.165) is 23.6 Å². The molecule has 2 amide bonds. The van der Waals surface area contributed by atoms with Crippen molar-refractivity contribution in [2.75, 3.05) is 32.6 Å².